The summed E-state index contributed by atoms with van der Waals surface area (Å²) >= 11 is 0. The first kappa shape index (κ1) is 24.7. The zero-order valence-corrected chi connectivity index (χ0v) is 15.1. The van der Waals surface area contributed by atoms with Gasteiger partial charge in [0.2, 0.25) is 0 Å². The molecule has 10 atom stereocenters. The third-order valence-corrected chi connectivity index (χ3v) is 3.97. The Hall–Kier alpha value is -0.343. The van der Waals surface area contributed by atoms with Gasteiger partial charge in [-0.3, -0.25) is 0 Å². The lowest BCUT2D eigenvalue weighted by Crippen LogP contribution is -2.63. The number of aliphatic hydroxyl groups is 8. The Morgan fingerprint density at radius 3 is 1.15 bits per heavy atom. The normalized spacial score (nSPS) is 45.3. The van der Waals surface area contributed by atoms with E-state index in [1.807, 2.05) is 0 Å². The maximum Gasteiger partial charge on any atom is 0.475 e. The Labute approximate surface area is 154 Å². The first-order chi connectivity index (χ1) is 12.5. The SMILES string of the molecule is OC[C@H]1O[C@H](O[C@H]2O[C@H](CO)[C@@H](O)[C@H](O)[C@H]2O)[C@H](O)[C@@H](O)[C@@H]1O.O[SiH](O)O. The van der Waals surface area contributed by atoms with Gasteiger partial charge in [-0.1, -0.05) is 0 Å². The van der Waals surface area contributed by atoms with Crippen LogP contribution in [0.25, 0.3) is 0 Å². The Morgan fingerprint density at radius 2 is 0.889 bits per heavy atom. The molecule has 2 rings (SSSR count). The van der Waals surface area contributed by atoms with Crippen LogP contribution in [0.4, 0.5) is 0 Å². The molecule has 11 N–H and O–H groups in total. The number of rotatable bonds is 4. The van der Waals surface area contributed by atoms with Gasteiger partial charge in [0.05, 0.1) is 13.2 Å². The van der Waals surface area contributed by atoms with Gasteiger partial charge in [0.15, 0.2) is 12.6 Å². The van der Waals surface area contributed by atoms with E-state index in [-0.39, 0.29) is 0 Å². The lowest BCUT2D eigenvalue weighted by Gasteiger charge is -2.44. The molecule has 0 aromatic heterocycles. The van der Waals surface area contributed by atoms with Gasteiger partial charge in [-0.15, -0.1) is 0 Å². The predicted octanol–water partition coefficient (Wildman–Crippen LogP) is -7.72. The number of hydrogen-bond donors (Lipinski definition) is 11. The van der Waals surface area contributed by atoms with Crippen molar-refractivity contribution in [1.29, 1.82) is 0 Å². The standard InChI is InChI=1S/C12H22O11.H4O3Si/c13-1-3-5(15)7(17)9(19)11(21-3)23-12-10(20)8(18)6(16)4(2-14)22-12;1-4(2)3/h3-20H,1-2H2;1-4H/t3-,4-,5-,6-,7+,8+,9-,10-,11-,12-;/m1./s1. The van der Waals surface area contributed by atoms with Gasteiger partial charge >= 0.3 is 9.53 Å². The molecule has 0 aromatic rings. The van der Waals surface area contributed by atoms with Crippen LogP contribution in [0.15, 0.2) is 0 Å². The molecule has 0 spiro atoms. The Balaban J connectivity index is 0.000000828. The molecule has 162 valence electrons. The van der Waals surface area contributed by atoms with Crippen molar-refractivity contribution < 1.29 is 69.4 Å². The van der Waals surface area contributed by atoms with Crippen molar-refractivity contribution in [2.45, 2.75) is 61.4 Å². The monoisotopic (exact) mass is 422 g/mol. The van der Waals surface area contributed by atoms with Crippen molar-refractivity contribution in [3.63, 3.8) is 0 Å². The van der Waals surface area contributed by atoms with Gasteiger partial charge in [-0.2, -0.15) is 0 Å². The smallest absolute Gasteiger partial charge is 0.394 e. The minimum absolute atomic E-state index is 0.667. The van der Waals surface area contributed by atoms with Gasteiger partial charge in [0.25, 0.3) is 0 Å². The summed E-state index contributed by atoms with van der Waals surface area (Å²) in [6.07, 6.45) is -15.6. The van der Waals surface area contributed by atoms with Crippen molar-refractivity contribution in [3.8, 4) is 0 Å². The maximum atomic E-state index is 9.84. The lowest BCUT2D eigenvalue weighted by molar-refractivity contribution is -0.376. The molecule has 0 amide bonds. The summed E-state index contributed by atoms with van der Waals surface area (Å²) in [6, 6.07) is 0. The molecule has 0 aliphatic carbocycles. The summed E-state index contributed by atoms with van der Waals surface area (Å²) < 4.78 is 15.3. The van der Waals surface area contributed by atoms with Crippen LogP contribution in [-0.4, -0.2) is 139 Å². The first-order valence-electron chi connectivity index (χ1n) is 7.85. The minimum Gasteiger partial charge on any atom is -0.394 e. The fourth-order valence-electron chi connectivity index (χ4n) is 2.49. The molecule has 0 aromatic carbocycles. The fourth-order valence-corrected chi connectivity index (χ4v) is 2.49. The van der Waals surface area contributed by atoms with Crippen LogP contribution >= 0.6 is 0 Å². The number of aliphatic hydroxyl groups excluding tert-OH is 8. The second-order valence-electron chi connectivity index (χ2n) is 5.88. The van der Waals surface area contributed by atoms with Crippen LogP contribution in [0.1, 0.15) is 0 Å². The first-order valence-corrected chi connectivity index (χ1v) is 9.40. The van der Waals surface area contributed by atoms with E-state index in [1.54, 1.807) is 0 Å². The average molecular weight is 422 g/mol. The zero-order valence-electron chi connectivity index (χ0n) is 13.9. The van der Waals surface area contributed by atoms with Gasteiger partial charge < -0.3 is 69.4 Å². The molecule has 0 bridgehead atoms. The topological polar surface area (TPSA) is 250 Å². The van der Waals surface area contributed by atoms with Gasteiger partial charge in [-0.25, -0.2) is 0 Å². The van der Waals surface area contributed by atoms with Crippen LogP contribution in [0.2, 0.25) is 0 Å². The molecular weight excluding hydrogens is 396 g/mol. The molecule has 27 heavy (non-hydrogen) atoms. The molecule has 2 heterocycles. The van der Waals surface area contributed by atoms with Gasteiger partial charge in [0.1, 0.15) is 48.8 Å². The van der Waals surface area contributed by atoms with Crippen molar-refractivity contribution in [2.24, 2.45) is 0 Å². The molecule has 15 heteroatoms. The van der Waals surface area contributed by atoms with E-state index in [0.29, 0.717) is 0 Å². The highest BCUT2D eigenvalue weighted by atomic mass is 28.3. The summed E-state index contributed by atoms with van der Waals surface area (Å²) in [5.41, 5.74) is 0. The third kappa shape index (κ3) is 6.32. The quantitative estimate of drug-likeness (QED) is 0.188. The molecule has 2 aliphatic heterocycles. The van der Waals surface area contributed by atoms with E-state index in [9.17, 15) is 30.6 Å². The highest BCUT2D eigenvalue weighted by Gasteiger charge is 2.49. The summed E-state index contributed by atoms with van der Waals surface area (Å²) in [5, 5.41) is 76.4. The van der Waals surface area contributed by atoms with Crippen LogP contribution < -0.4 is 0 Å². The van der Waals surface area contributed by atoms with Gasteiger partial charge in [-0.05, 0) is 0 Å². The maximum absolute atomic E-state index is 9.84. The molecule has 2 saturated heterocycles. The number of ether oxygens (including phenoxy) is 3. The third-order valence-electron chi connectivity index (χ3n) is 3.97. The van der Waals surface area contributed by atoms with Crippen molar-refractivity contribution >= 4 is 9.53 Å². The van der Waals surface area contributed by atoms with Crippen LogP contribution in [0.3, 0.4) is 0 Å². The molecule has 14 nitrogen and oxygen atoms in total. The summed E-state index contributed by atoms with van der Waals surface area (Å²) in [4.78, 5) is 21.9. The van der Waals surface area contributed by atoms with E-state index in [4.69, 9.17) is 38.8 Å². The van der Waals surface area contributed by atoms with Crippen LogP contribution in [0, 0.1) is 0 Å². The van der Waals surface area contributed by atoms with Crippen molar-refractivity contribution in [2.75, 3.05) is 13.2 Å². The molecular formula is C12H26O14Si. The Kier molecular flexibility index (Phi) is 10.1. The van der Waals surface area contributed by atoms with Crippen molar-refractivity contribution in [1.82, 2.24) is 0 Å². The molecule has 0 saturated carbocycles. The molecule has 2 aliphatic rings. The largest absolute Gasteiger partial charge is 0.475 e. The second-order valence-corrected chi connectivity index (χ2v) is 6.57. The summed E-state index contributed by atoms with van der Waals surface area (Å²) in [7, 11) is -3.14. The highest BCUT2D eigenvalue weighted by molar-refractivity contribution is 6.30. The van der Waals surface area contributed by atoms with Gasteiger partial charge in [0, 0.05) is 0 Å². The minimum atomic E-state index is -3.14. The van der Waals surface area contributed by atoms with Crippen LogP contribution in [0.5, 0.6) is 0 Å². The van der Waals surface area contributed by atoms with Crippen LogP contribution in [-0.2, 0) is 14.2 Å². The number of hydrogen-bond acceptors (Lipinski definition) is 14. The summed E-state index contributed by atoms with van der Waals surface area (Å²) in [5.74, 6) is 0. The highest BCUT2D eigenvalue weighted by Crippen LogP contribution is 2.27. The molecule has 0 radical (unpaired) electrons. The van der Waals surface area contributed by atoms with E-state index < -0.39 is 84.2 Å². The summed E-state index contributed by atoms with van der Waals surface area (Å²) in [6.45, 7) is -1.33. The molecule has 0 unspecified atom stereocenters. The van der Waals surface area contributed by atoms with E-state index >= 15 is 0 Å². The second kappa shape index (κ2) is 11.0. The Bertz CT molecular complexity index is 388. The lowest BCUT2D eigenvalue weighted by atomic mass is 9.98. The molecule has 2 fully saturated rings. The predicted molar refractivity (Wildman–Crippen MR) is 82.4 cm³/mol. The fraction of sp³-hybridized carbons (Fsp3) is 1.00. The van der Waals surface area contributed by atoms with E-state index in [0.717, 1.165) is 0 Å². The average Bonchev–Trinajstić information content (AvgIpc) is 2.61. The van der Waals surface area contributed by atoms with Crippen molar-refractivity contribution in [3.05, 3.63) is 0 Å². The van der Waals surface area contributed by atoms with E-state index in [1.165, 1.54) is 0 Å². The van der Waals surface area contributed by atoms with E-state index in [2.05, 4.69) is 0 Å². The zero-order chi connectivity index (χ0) is 20.9. The Morgan fingerprint density at radius 1 is 0.593 bits per heavy atom.